The Balaban J connectivity index is 2.10. The molecule has 9 heteroatoms. The predicted molar refractivity (Wildman–Crippen MR) is 66.1 cm³/mol. The van der Waals surface area contributed by atoms with E-state index in [0.29, 0.717) is 26.2 Å². The molecule has 0 saturated carbocycles. The van der Waals surface area contributed by atoms with E-state index in [1.807, 2.05) is 0 Å². The first kappa shape index (κ1) is 14.0. The number of sulfonamides is 1. The lowest BCUT2D eigenvalue weighted by Crippen LogP contribution is -2.46. The van der Waals surface area contributed by atoms with Gasteiger partial charge in [0.1, 0.15) is 4.90 Å². The normalized spacial score (nSPS) is 17.5. The van der Waals surface area contributed by atoms with E-state index in [0.717, 1.165) is 0 Å². The Morgan fingerprint density at radius 1 is 1.42 bits per heavy atom. The van der Waals surface area contributed by atoms with Crippen LogP contribution in [0.5, 0.6) is 0 Å². The third-order valence-corrected chi connectivity index (χ3v) is 4.73. The Kier molecular flexibility index (Phi) is 4.17. The molecule has 0 bridgehead atoms. The van der Waals surface area contributed by atoms with E-state index < -0.39 is 16.0 Å². The van der Waals surface area contributed by atoms with Crippen LogP contribution in [-0.4, -0.2) is 59.8 Å². The topological polar surface area (TPSA) is 105 Å². The molecule has 0 unspecified atom stereocenters. The summed E-state index contributed by atoms with van der Waals surface area (Å²) in [5.41, 5.74) is 0. The van der Waals surface area contributed by atoms with Gasteiger partial charge in [-0.05, 0) is 0 Å². The van der Waals surface area contributed by atoms with Crippen LogP contribution in [0.1, 0.15) is 6.42 Å². The van der Waals surface area contributed by atoms with Crippen LogP contribution in [0, 0.1) is 0 Å². The molecule has 2 N–H and O–H groups in total. The van der Waals surface area contributed by atoms with Crippen LogP contribution in [0.2, 0.25) is 0 Å². The van der Waals surface area contributed by atoms with Gasteiger partial charge in [-0.15, -0.1) is 0 Å². The average Bonchev–Trinajstić information content (AvgIpc) is 2.87. The van der Waals surface area contributed by atoms with Crippen LogP contribution in [0.25, 0.3) is 0 Å². The van der Waals surface area contributed by atoms with E-state index in [2.05, 4.69) is 10.4 Å². The van der Waals surface area contributed by atoms with E-state index in [1.54, 1.807) is 0 Å². The molecule has 0 amide bonds. The van der Waals surface area contributed by atoms with Crippen LogP contribution in [0.15, 0.2) is 17.3 Å². The molecular formula is C10H16N4O4S. The summed E-state index contributed by atoms with van der Waals surface area (Å²) >= 11 is 0. The van der Waals surface area contributed by atoms with Gasteiger partial charge in [0, 0.05) is 32.4 Å². The van der Waals surface area contributed by atoms with Gasteiger partial charge in [-0.25, -0.2) is 8.42 Å². The first-order chi connectivity index (χ1) is 9.00. The fourth-order valence-electron chi connectivity index (χ4n) is 1.84. The van der Waals surface area contributed by atoms with Crippen molar-refractivity contribution in [3.63, 3.8) is 0 Å². The molecule has 1 aromatic heterocycles. The molecule has 0 spiro atoms. The van der Waals surface area contributed by atoms with E-state index >= 15 is 0 Å². The fraction of sp³-hybridized carbons (Fsp3) is 0.600. The maximum atomic E-state index is 12.3. The second-order valence-corrected chi connectivity index (χ2v) is 6.17. The Bertz CT molecular complexity index is 548. The largest absolute Gasteiger partial charge is 0.481 e. The van der Waals surface area contributed by atoms with Gasteiger partial charge in [0.15, 0.2) is 0 Å². The Labute approximate surface area is 111 Å². The third kappa shape index (κ3) is 3.31. The molecule has 1 aromatic rings. The van der Waals surface area contributed by atoms with Crippen LogP contribution in [0.3, 0.4) is 0 Å². The van der Waals surface area contributed by atoms with E-state index in [9.17, 15) is 13.2 Å². The second-order valence-electron chi connectivity index (χ2n) is 4.24. The number of hydrogen-bond donors (Lipinski definition) is 2. The number of piperazine rings is 1. The standard InChI is InChI=1S/C10H16N4O4S/c15-10(16)1-4-13-8-9(7-12-13)19(17,18)14-5-2-11-3-6-14/h7-8,11H,1-6H2,(H,15,16). The number of aryl methyl sites for hydroxylation is 1. The highest BCUT2D eigenvalue weighted by Crippen LogP contribution is 2.15. The summed E-state index contributed by atoms with van der Waals surface area (Å²) in [6.07, 6.45) is 2.55. The van der Waals surface area contributed by atoms with Gasteiger partial charge in [0.2, 0.25) is 10.0 Å². The second kappa shape index (κ2) is 5.68. The number of aliphatic carboxylic acids is 1. The molecule has 1 fully saturated rings. The summed E-state index contributed by atoms with van der Waals surface area (Å²) in [7, 11) is -3.52. The van der Waals surface area contributed by atoms with Gasteiger partial charge < -0.3 is 10.4 Å². The van der Waals surface area contributed by atoms with Crippen molar-refractivity contribution in [3.8, 4) is 0 Å². The first-order valence-electron chi connectivity index (χ1n) is 5.95. The lowest BCUT2D eigenvalue weighted by atomic mass is 10.4. The van der Waals surface area contributed by atoms with Gasteiger partial charge in [-0.2, -0.15) is 9.40 Å². The third-order valence-electron chi connectivity index (χ3n) is 2.88. The van der Waals surface area contributed by atoms with Crippen molar-refractivity contribution in [2.75, 3.05) is 26.2 Å². The molecule has 2 heterocycles. The van der Waals surface area contributed by atoms with Crippen molar-refractivity contribution in [1.82, 2.24) is 19.4 Å². The number of hydrogen-bond acceptors (Lipinski definition) is 5. The molecule has 19 heavy (non-hydrogen) atoms. The Hall–Kier alpha value is -1.45. The first-order valence-corrected chi connectivity index (χ1v) is 7.39. The highest BCUT2D eigenvalue weighted by molar-refractivity contribution is 7.89. The summed E-state index contributed by atoms with van der Waals surface area (Å²) in [5, 5.41) is 15.5. The van der Waals surface area contributed by atoms with E-state index in [4.69, 9.17) is 5.11 Å². The fourth-order valence-corrected chi connectivity index (χ4v) is 3.24. The predicted octanol–water partition coefficient (Wildman–Crippen LogP) is -1.05. The smallest absolute Gasteiger partial charge is 0.305 e. The maximum Gasteiger partial charge on any atom is 0.305 e. The molecule has 1 aliphatic rings. The lowest BCUT2D eigenvalue weighted by molar-refractivity contribution is -0.137. The highest BCUT2D eigenvalue weighted by Gasteiger charge is 2.27. The molecule has 0 radical (unpaired) electrons. The average molecular weight is 288 g/mol. The minimum absolute atomic E-state index is 0.0885. The molecule has 106 valence electrons. The number of rotatable bonds is 5. The van der Waals surface area contributed by atoms with Crippen molar-refractivity contribution in [2.45, 2.75) is 17.9 Å². The number of carbonyl (C=O) groups is 1. The van der Waals surface area contributed by atoms with Gasteiger partial charge in [-0.3, -0.25) is 9.48 Å². The molecule has 0 atom stereocenters. The van der Waals surface area contributed by atoms with Gasteiger partial charge in [0.05, 0.1) is 19.2 Å². The summed E-state index contributed by atoms with van der Waals surface area (Å²) in [4.78, 5) is 10.6. The van der Waals surface area contributed by atoms with Crippen molar-refractivity contribution < 1.29 is 18.3 Å². The maximum absolute atomic E-state index is 12.3. The SMILES string of the molecule is O=C(O)CCn1cc(S(=O)(=O)N2CCNCC2)cn1. The van der Waals surface area contributed by atoms with Crippen LogP contribution in [0.4, 0.5) is 0 Å². The van der Waals surface area contributed by atoms with Crippen LogP contribution in [-0.2, 0) is 21.4 Å². The molecule has 0 aliphatic carbocycles. The van der Waals surface area contributed by atoms with Crippen molar-refractivity contribution in [3.05, 3.63) is 12.4 Å². The zero-order valence-corrected chi connectivity index (χ0v) is 11.1. The van der Waals surface area contributed by atoms with Crippen molar-refractivity contribution in [1.29, 1.82) is 0 Å². The summed E-state index contributed by atoms with van der Waals surface area (Å²) in [5.74, 6) is -0.943. The summed E-state index contributed by atoms with van der Waals surface area (Å²) < 4.78 is 27.3. The number of aromatic nitrogens is 2. The van der Waals surface area contributed by atoms with Gasteiger partial charge in [-0.1, -0.05) is 0 Å². The van der Waals surface area contributed by atoms with Gasteiger partial charge >= 0.3 is 5.97 Å². The van der Waals surface area contributed by atoms with Crippen LogP contribution < -0.4 is 5.32 Å². The number of nitrogens with one attached hydrogen (secondary N) is 1. The zero-order valence-electron chi connectivity index (χ0n) is 10.3. The lowest BCUT2D eigenvalue weighted by Gasteiger charge is -2.25. The molecule has 0 aromatic carbocycles. The minimum Gasteiger partial charge on any atom is -0.481 e. The van der Waals surface area contributed by atoms with Crippen molar-refractivity contribution >= 4 is 16.0 Å². The van der Waals surface area contributed by atoms with E-state index in [-0.39, 0.29) is 17.9 Å². The molecule has 2 rings (SSSR count). The molecule has 1 aliphatic heterocycles. The van der Waals surface area contributed by atoms with Gasteiger partial charge in [0.25, 0.3) is 0 Å². The molecular weight excluding hydrogens is 272 g/mol. The monoisotopic (exact) mass is 288 g/mol. The molecule has 1 saturated heterocycles. The zero-order chi connectivity index (χ0) is 13.9. The Morgan fingerprint density at radius 2 is 2.11 bits per heavy atom. The quantitative estimate of drug-likeness (QED) is 0.716. The number of carboxylic acid groups (broad SMARTS) is 1. The number of carboxylic acids is 1. The molecule has 8 nitrogen and oxygen atoms in total. The van der Waals surface area contributed by atoms with Crippen LogP contribution >= 0.6 is 0 Å². The number of nitrogens with zero attached hydrogens (tertiary/aromatic N) is 3. The van der Waals surface area contributed by atoms with E-state index in [1.165, 1.54) is 21.4 Å². The Morgan fingerprint density at radius 3 is 2.74 bits per heavy atom. The van der Waals surface area contributed by atoms with Crippen molar-refractivity contribution in [2.24, 2.45) is 0 Å². The highest BCUT2D eigenvalue weighted by atomic mass is 32.2. The summed E-state index contributed by atoms with van der Waals surface area (Å²) in [6, 6.07) is 0. The summed E-state index contributed by atoms with van der Waals surface area (Å²) in [6.45, 7) is 2.29. The minimum atomic E-state index is -3.52.